The molecule has 0 aliphatic heterocycles. The highest BCUT2D eigenvalue weighted by Gasteiger charge is 2.22. The second-order valence-corrected chi connectivity index (χ2v) is 8.88. The maximum absolute atomic E-state index is 13.2. The quantitative estimate of drug-likeness (QED) is 0.408. The maximum atomic E-state index is 13.2. The van der Waals surface area contributed by atoms with Gasteiger partial charge >= 0.3 is 31.7 Å². The van der Waals surface area contributed by atoms with Crippen LogP contribution in [0.25, 0.3) is 0 Å². The summed E-state index contributed by atoms with van der Waals surface area (Å²) in [6.07, 6.45) is 0. The third-order valence-corrected chi connectivity index (χ3v) is 5.44. The fourth-order valence-corrected chi connectivity index (χ4v) is 3.73. The molecular weight excluding hydrogens is 458 g/mol. The van der Waals surface area contributed by atoms with Crippen molar-refractivity contribution in [1.29, 1.82) is 0 Å². The number of carbonyl (C=O) groups is 1. The van der Waals surface area contributed by atoms with Crippen molar-refractivity contribution in [3.8, 4) is 11.5 Å². The van der Waals surface area contributed by atoms with Crippen molar-refractivity contribution in [3.05, 3.63) is 36.4 Å². The smallest absolute Gasteiger partial charge is 0.332 e. The van der Waals surface area contributed by atoms with Crippen molar-refractivity contribution in [3.63, 3.8) is 0 Å². The van der Waals surface area contributed by atoms with Crippen molar-refractivity contribution >= 4 is 49.0 Å². The Labute approximate surface area is 166 Å². The standard InChI is InChI=1S/C14H12F2N2O8S3/c1-8(19)17-13-3-2-9(4-14(13)20)18-27(21)26-10-5-11(28(15,22)23)7-12(6-10)29(16,24)25/h2-7,18,20H,1H3,(H,17,19). The molecule has 10 nitrogen and oxygen atoms in total. The second-order valence-electron chi connectivity index (χ2n) is 5.35. The second kappa shape index (κ2) is 8.30. The van der Waals surface area contributed by atoms with Crippen LogP contribution < -0.4 is 14.2 Å². The zero-order valence-corrected chi connectivity index (χ0v) is 16.7. The molecule has 0 heterocycles. The molecule has 0 aliphatic rings. The number of carbonyl (C=O) groups excluding carboxylic acids is 1. The molecule has 0 radical (unpaired) electrons. The molecule has 29 heavy (non-hydrogen) atoms. The van der Waals surface area contributed by atoms with Crippen LogP contribution >= 0.6 is 0 Å². The van der Waals surface area contributed by atoms with E-state index in [0.29, 0.717) is 12.1 Å². The van der Waals surface area contributed by atoms with Gasteiger partial charge in [-0.3, -0.25) is 9.52 Å². The summed E-state index contributed by atoms with van der Waals surface area (Å²) in [6, 6.07) is 4.84. The molecule has 2 aromatic carbocycles. The first kappa shape index (κ1) is 22.5. The highest BCUT2D eigenvalue weighted by atomic mass is 32.3. The Morgan fingerprint density at radius 2 is 1.59 bits per heavy atom. The molecular formula is C14H12F2N2O8S3. The average molecular weight is 470 g/mol. The fourth-order valence-electron chi connectivity index (χ4n) is 1.97. The van der Waals surface area contributed by atoms with Gasteiger partial charge in [0.2, 0.25) is 5.91 Å². The van der Waals surface area contributed by atoms with E-state index in [9.17, 15) is 38.7 Å². The Kier molecular flexibility index (Phi) is 6.44. The SMILES string of the molecule is CC(=O)Nc1ccc(NS(=O)Oc2cc(S(=O)(=O)F)cc(S(=O)(=O)F)c2)cc1O. The van der Waals surface area contributed by atoms with Crippen LogP contribution in [-0.2, 0) is 36.5 Å². The summed E-state index contributed by atoms with van der Waals surface area (Å²) in [5.74, 6) is -1.57. The van der Waals surface area contributed by atoms with Crippen molar-refractivity contribution in [2.24, 2.45) is 0 Å². The van der Waals surface area contributed by atoms with E-state index in [1.165, 1.54) is 19.1 Å². The summed E-state index contributed by atoms with van der Waals surface area (Å²) in [6.45, 7) is 1.21. The van der Waals surface area contributed by atoms with Gasteiger partial charge in [-0.1, -0.05) is 0 Å². The van der Waals surface area contributed by atoms with Crippen molar-refractivity contribution < 1.29 is 42.9 Å². The number of halogens is 2. The lowest BCUT2D eigenvalue weighted by Gasteiger charge is -2.10. The van der Waals surface area contributed by atoms with Crippen molar-refractivity contribution in [2.45, 2.75) is 16.7 Å². The predicted molar refractivity (Wildman–Crippen MR) is 97.8 cm³/mol. The van der Waals surface area contributed by atoms with Gasteiger partial charge in [-0.05, 0) is 18.2 Å². The van der Waals surface area contributed by atoms with Gasteiger partial charge in [0.15, 0.2) is 0 Å². The van der Waals surface area contributed by atoms with Gasteiger partial charge in [-0.2, -0.15) is 21.0 Å². The normalized spacial score (nSPS) is 12.8. The van der Waals surface area contributed by atoms with Gasteiger partial charge in [-0.25, -0.2) is 0 Å². The molecule has 15 heteroatoms. The predicted octanol–water partition coefficient (Wildman–Crippen LogP) is 1.74. The molecule has 0 bridgehead atoms. The van der Waals surface area contributed by atoms with Crippen LogP contribution in [0.4, 0.5) is 19.1 Å². The molecule has 2 rings (SSSR count). The molecule has 2 aromatic rings. The number of phenolic OH excluding ortho intramolecular Hbond substituents is 1. The summed E-state index contributed by atoms with van der Waals surface area (Å²) in [5, 5.41) is 12.1. The summed E-state index contributed by atoms with van der Waals surface area (Å²) in [4.78, 5) is 8.54. The molecule has 0 aliphatic carbocycles. The Balaban J connectivity index is 2.26. The minimum absolute atomic E-state index is 0.0162. The number of nitrogens with one attached hydrogen (secondary N) is 2. The van der Waals surface area contributed by atoms with E-state index in [4.69, 9.17) is 4.18 Å². The van der Waals surface area contributed by atoms with E-state index in [2.05, 4.69) is 10.0 Å². The average Bonchev–Trinajstić information content (AvgIpc) is 2.55. The van der Waals surface area contributed by atoms with Crippen LogP contribution in [0.5, 0.6) is 11.5 Å². The zero-order chi connectivity index (χ0) is 22.0. The van der Waals surface area contributed by atoms with E-state index in [-0.39, 0.29) is 17.4 Å². The number of hydrogen-bond donors (Lipinski definition) is 3. The van der Waals surface area contributed by atoms with Crippen LogP contribution in [0.1, 0.15) is 6.92 Å². The first-order valence-corrected chi connectivity index (χ1v) is 11.1. The summed E-state index contributed by atoms with van der Waals surface area (Å²) >= 11 is -2.50. The van der Waals surface area contributed by atoms with Crippen molar-refractivity contribution in [1.82, 2.24) is 0 Å². The molecule has 0 aromatic heterocycles. The molecule has 0 spiro atoms. The largest absolute Gasteiger partial charge is 0.506 e. The molecule has 0 saturated heterocycles. The van der Waals surface area contributed by atoms with E-state index >= 15 is 0 Å². The van der Waals surface area contributed by atoms with E-state index < -0.39 is 58.9 Å². The lowest BCUT2D eigenvalue weighted by molar-refractivity contribution is -0.114. The molecule has 158 valence electrons. The van der Waals surface area contributed by atoms with Crippen LogP contribution in [0.2, 0.25) is 0 Å². The van der Waals surface area contributed by atoms with Crippen LogP contribution in [-0.4, -0.2) is 32.1 Å². The lowest BCUT2D eigenvalue weighted by Crippen LogP contribution is -2.12. The van der Waals surface area contributed by atoms with E-state index in [1.54, 1.807) is 0 Å². The summed E-state index contributed by atoms with van der Waals surface area (Å²) in [5.41, 5.74) is 0.0796. The van der Waals surface area contributed by atoms with Gasteiger partial charge in [0, 0.05) is 25.1 Å². The Morgan fingerprint density at radius 1 is 1.03 bits per heavy atom. The first-order valence-electron chi connectivity index (χ1n) is 7.27. The zero-order valence-electron chi connectivity index (χ0n) is 14.2. The van der Waals surface area contributed by atoms with Gasteiger partial charge < -0.3 is 14.6 Å². The van der Waals surface area contributed by atoms with E-state index in [1.807, 2.05) is 0 Å². The Morgan fingerprint density at radius 3 is 2.03 bits per heavy atom. The van der Waals surface area contributed by atoms with Gasteiger partial charge in [0.05, 0.1) is 11.4 Å². The van der Waals surface area contributed by atoms with Gasteiger partial charge in [-0.15, -0.1) is 7.77 Å². The first-order chi connectivity index (χ1) is 13.3. The fraction of sp³-hybridized carbons (Fsp3) is 0.0714. The molecule has 3 N–H and O–H groups in total. The minimum atomic E-state index is -5.42. The minimum Gasteiger partial charge on any atom is -0.506 e. The third kappa shape index (κ3) is 6.37. The van der Waals surface area contributed by atoms with Gasteiger partial charge in [0.1, 0.15) is 21.3 Å². The van der Waals surface area contributed by atoms with Crippen LogP contribution in [0.15, 0.2) is 46.2 Å². The van der Waals surface area contributed by atoms with Crippen LogP contribution in [0, 0.1) is 0 Å². The molecule has 0 fully saturated rings. The molecule has 0 saturated carbocycles. The summed E-state index contributed by atoms with van der Waals surface area (Å²) < 4.78 is 89.4. The maximum Gasteiger partial charge on any atom is 0.332 e. The number of phenols is 1. The molecule has 1 unspecified atom stereocenters. The number of benzene rings is 2. The molecule has 1 amide bonds. The van der Waals surface area contributed by atoms with Crippen LogP contribution in [0.3, 0.4) is 0 Å². The third-order valence-electron chi connectivity index (χ3n) is 3.10. The number of hydrogen-bond acceptors (Lipinski definition) is 8. The number of amides is 1. The number of aromatic hydroxyl groups is 1. The molecule has 1 atom stereocenters. The van der Waals surface area contributed by atoms with E-state index in [0.717, 1.165) is 6.07 Å². The lowest BCUT2D eigenvalue weighted by atomic mass is 10.2. The number of anilines is 2. The van der Waals surface area contributed by atoms with Crippen molar-refractivity contribution in [2.75, 3.05) is 10.0 Å². The Hall–Kier alpha value is -2.78. The highest BCUT2D eigenvalue weighted by Crippen LogP contribution is 2.29. The Bertz CT molecular complexity index is 1150. The topological polar surface area (TPSA) is 156 Å². The summed E-state index contributed by atoms with van der Waals surface area (Å²) in [7, 11) is -10.8. The number of rotatable bonds is 7. The highest BCUT2D eigenvalue weighted by molar-refractivity contribution is 7.87. The van der Waals surface area contributed by atoms with Gasteiger partial charge in [0.25, 0.3) is 0 Å². The monoisotopic (exact) mass is 470 g/mol.